The average Bonchev–Trinajstić information content (AvgIpc) is 2.88. The highest BCUT2D eigenvalue weighted by atomic mass is 32.1. The van der Waals surface area contributed by atoms with Crippen molar-refractivity contribution in [3.05, 3.63) is 51.2 Å². The quantitative estimate of drug-likeness (QED) is 0.869. The van der Waals surface area contributed by atoms with E-state index in [9.17, 15) is 9.90 Å². The number of benzene rings is 1. The van der Waals surface area contributed by atoms with E-state index in [1.165, 1.54) is 11.3 Å². The predicted octanol–water partition coefficient (Wildman–Crippen LogP) is 3.04. The van der Waals surface area contributed by atoms with E-state index in [2.05, 4.69) is 0 Å². The smallest absolute Gasteiger partial charge is 0.199 e. The van der Waals surface area contributed by atoms with Gasteiger partial charge in [0.15, 0.2) is 18.0 Å². The van der Waals surface area contributed by atoms with Gasteiger partial charge >= 0.3 is 0 Å². The number of carbonyl (C=O) groups excluding carboxylic acids is 1. The molecule has 0 radical (unpaired) electrons. The molecule has 0 saturated carbocycles. The van der Waals surface area contributed by atoms with E-state index in [1.807, 2.05) is 37.4 Å². The van der Waals surface area contributed by atoms with Crippen LogP contribution in [0.3, 0.4) is 0 Å². The summed E-state index contributed by atoms with van der Waals surface area (Å²) in [7, 11) is 0. The molecule has 0 fully saturated rings. The first kappa shape index (κ1) is 12.4. The summed E-state index contributed by atoms with van der Waals surface area (Å²) in [5, 5.41) is 12.1. The third kappa shape index (κ3) is 1.97. The van der Waals surface area contributed by atoms with Gasteiger partial charge in [0, 0.05) is 4.88 Å². The first-order valence-electron chi connectivity index (χ1n) is 6.11. The largest absolute Gasteiger partial charge is 0.481 e. The number of ketones is 1. The van der Waals surface area contributed by atoms with E-state index in [0.29, 0.717) is 11.3 Å². The predicted molar refractivity (Wildman–Crippen MR) is 73.9 cm³/mol. The fourth-order valence-corrected chi connectivity index (χ4v) is 3.23. The summed E-state index contributed by atoms with van der Waals surface area (Å²) in [6, 6.07) is 7.52. The standard InChI is InChI=1S/C15H14O3S/c1-8-6-9(2)14-10(7-8)12(16)13(17)15(18-14)11-4-3-5-19-11/h3-7,13,15,17H,1-2H3. The summed E-state index contributed by atoms with van der Waals surface area (Å²) in [5.41, 5.74) is 2.41. The Morgan fingerprint density at radius 1 is 1.32 bits per heavy atom. The van der Waals surface area contributed by atoms with Crippen LogP contribution in [0, 0.1) is 13.8 Å². The Morgan fingerprint density at radius 2 is 2.11 bits per heavy atom. The molecule has 3 nitrogen and oxygen atoms in total. The highest BCUT2D eigenvalue weighted by molar-refractivity contribution is 7.10. The first-order valence-corrected chi connectivity index (χ1v) is 6.99. The average molecular weight is 274 g/mol. The number of hydrogen-bond acceptors (Lipinski definition) is 4. The third-order valence-corrected chi connectivity index (χ3v) is 4.24. The molecule has 2 aromatic rings. The van der Waals surface area contributed by atoms with Gasteiger partial charge in [0.05, 0.1) is 5.56 Å². The monoisotopic (exact) mass is 274 g/mol. The van der Waals surface area contributed by atoms with Gasteiger partial charge in [-0.25, -0.2) is 0 Å². The van der Waals surface area contributed by atoms with Crippen LogP contribution < -0.4 is 4.74 Å². The second-order valence-corrected chi connectivity index (χ2v) is 5.80. The van der Waals surface area contributed by atoms with Crippen LogP contribution in [0.5, 0.6) is 5.75 Å². The second-order valence-electron chi connectivity index (χ2n) is 4.82. The maximum Gasteiger partial charge on any atom is 0.199 e. The molecule has 4 heteroatoms. The Bertz CT molecular complexity index is 631. The van der Waals surface area contributed by atoms with E-state index in [1.54, 1.807) is 6.07 Å². The van der Waals surface area contributed by atoms with Crippen LogP contribution in [-0.2, 0) is 0 Å². The highest BCUT2D eigenvalue weighted by Crippen LogP contribution is 2.39. The second kappa shape index (κ2) is 4.47. The lowest BCUT2D eigenvalue weighted by atomic mass is 9.93. The van der Waals surface area contributed by atoms with E-state index >= 15 is 0 Å². The first-order chi connectivity index (χ1) is 9.08. The van der Waals surface area contributed by atoms with Gasteiger partial charge in [-0.1, -0.05) is 12.1 Å². The van der Waals surface area contributed by atoms with Crippen LogP contribution in [0.4, 0.5) is 0 Å². The molecule has 2 atom stereocenters. The molecule has 0 spiro atoms. The van der Waals surface area contributed by atoms with Crippen LogP contribution in [0.15, 0.2) is 29.6 Å². The number of aliphatic hydroxyl groups is 1. The van der Waals surface area contributed by atoms with E-state index in [4.69, 9.17) is 4.74 Å². The number of ether oxygens (including phenoxy) is 1. The molecule has 2 unspecified atom stereocenters. The summed E-state index contributed by atoms with van der Waals surface area (Å²) >= 11 is 1.48. The maximum atomic E-state index is 12.3. The van der Waals surface area contributed by atoms with Crippen molar-refractivity contribution in [2.75, 3.05) is 0 Å². The number of carbonyl (C=O) groups is 1. The van der Waals surface area contributed by atoms with Crippen LogP contribution in [0.1, 0.15) is 32.5 Å². The number of thiophene rings is 1. The molecular formula is C15H14O3S. The lowest BCUT2D eigenvalue weighted by Crippen LogP contribution is -2.36. The molecular weight excluding hydrogens is 260 g/mol. The van der Waals surface area contributed by atoms with Crippen molar-refractivity contribution in [1.29, 1.82) is 0 Å². The van der Waals surface area contributed by atoms with Crippen LogP contribution in [-0.4, -0.2) is 17.0 Å². The molecule has 0 bridgehead atoms. The molecule has 1 aliphatic rings. The fourth-order valence-electron chi connectivity index (χ4n) is 2.45. The van der Waals surface area contributed by atoms with Crippen LogP contribution in [0.25, 0.3) is 0 Å². The number of aryl methyl sites for hydroxylation is 2. The van der Waals surface area contributed by atoms with E-state index < -0.39 is 12.2 Å². The Hall–Kier alpha value is -1.65. The lowest BCUT2D eigenvalue weighted by molar-refractivity contribution is 0.0226. The number of aliphatic hydroxyl groups excluding tert-OH is 1. The van der Waals surface area contributed by atoms with Crippen molar-refractivity contribution in [2.24, 2.45) is 0 Å². The molecule has 0 aliphatic carbocycles. The Balaban J connectivity index is 2.11. The molecule has 19 heavy (non-hydrogen) atoms. The molecule has 1 aromatic heterocycles. The van der Waals surface area contributed by atoms with Gasteiger partial charge < -0.3 is 9.84 Å². The minimum Gasteiger partial charge on any atom is -0.481 e. The van der Waals surface area contributed by atoms with Crippen molar-refractivity contribution in [1.82, 2.24) is 0 Å². The van der Waals surface area contributed by atoms with Crippen molar-refractivity contribution in [3.8, 4) is 5.75 Å². The van der Waals surface area contributed by atoms with Crippen LogP contribution in [0.2, 0.25) is 0 Å². The van der Waals surface area contributed by atoms with Crippen molar-refractivity contribution in [2.45, 2.75) is 26.1 Å². The van der Waals surface area contributed by atoms with Crippen molar-refractivity contribution in [3.63, 3.8) is 0 Å². The van der Waals surface area contributed by atoms with E-state index in [-0.39, 0.29) is 5.78 Å². The van der Waals surface area contributed by atoms with Crippen molar-refractivity contribution < 1.29 is 14.6 Å². The SMILES string of the molecule is Cc1cc(C)c2c(c1)C(=O)C(O)C(c1cccs1)O2. The molecule has 1 N–H and O–H groups in total. The zero-order valence-electron chi connectivity index (χ0n) is 10.7. The zero-order chi connectivity index (χ0) is 13.6. The molecule has 1 aliphatic heterocycles. The number of fused-ring (bicyclic) bond motifs is 1. The topological polar surface area (TPSA) is 46.5 Å². The number of hydrogen-bond donors (Lipinski definition) is 1. The van der Waals surface area contributed by atoms with Gasteiger partial charge in [0.2, 0.25) is 0 Å². The molecule has 1 aromatic carbocycles. The fraction of sp³-hybridized carbons (Fsp3) is 0.267. The molecule has 2 heterocycles. The molecule has 3 rings (SSSR count). The summed E-state index contributed by atoms with van der Waals surface area (Å²) in [5.74, 6) is 0.339. The van der Waals surface area contributed by atoms with E-state index in [0.717, 1.165) is 16.0 Å². The van der Waals surface area contributed by atoms with Gasteiger partial charge in [0.1, 0.15) is 5.75 Å². The summed E-state index contributed by atoms with van der Waals surface area (Å²) in [6.07, 6.45) is -1.73. The van der Waals surface area contributed by atoms with Gasteiger partial charge in [0.25, 0.3) is 0 Å². The number of Topliss-reactive ketones (excluding diaryl/α,β-unsaturated/α-hetero) is 1. The lowest BCUT2D eigenvalue weighted by Gasteiger charge is -2.30. The highest BCUT2D eigenvalue weighted by Gasteiger charge is 2.38. The number of rotatable bonds is 1. The van der Waals surface area contributed by atoms with Crippen LogP contribution >= 0.6 is 11.3 Å². The Kier molecular flexibility index (Phi) is 2.92. The van der Waals surface area contributed by atoms with Gasteiger partial charge in [-0.3, -0.25) is 4.79 Å². The normalized spacial score (nSPS) is 21.9. The summed E-state index contributed by atoms with van der Waals surface area (Å²) < 4.78 is 5.88. The molecule has 0 amide bonds. The summed E-state index contributed by atoms with van der Waals surface area (Å²) in [6.45, 7) is 3.85. The third-order valence-electron chi connectivity index (χ3n) is 3.31. The van der Waals surface area contributed by atoms with Gasteiger partial charge in [-0.15, -0.1) is 11.3 Å². The van der Waals surface area contributed by atoms with Gasteiger partial charge in [-0.05, 0) is 42.5 Å². The minimum absolute atomic E-state index is 0.258. The molecule has 98 valence electrons. The zero-order valence-corrected chi connectivity index (χ0v) is 11.5. The Labute approximate surface area is 115 Å². The van der Waals surface area contributed by atoms with Crippen molar-refractivity contribution >= 4 is 17.1 Å². The van der Waals surface area contributed by atoms with Gasteiger partial charge in [-0.2, -0.15) is 0 Å². The molecule has 0 saturated heterocycles. The Morgan fingerprint density at radius 3 is 2.79 bits per heavy atom. The minimum atomic E-state index is -1.13. The summed E-state index contributed by atoms with van der Waals surface area (Å²) in [4.78, 5) is 13.2. The maximum absolute atomic E-state index is 12.3.